The van der Waals surface area contributed by atoms with Gasteiger partial charge >= 0.3 is 5.97 Å². The van der Waals surface area contributed by atoms with Gasteiger partial charge in [0, 0.05) is 12.1 Å². The van der Waals surface area contributed by atoms with Crippen LogP contribution in [0.2, 0.25) is 0 Å². The second-order valence-electron chi connectivity index (χ2n) is 6.10. The number of benzene rings is 2. The number of ether oxygens (including phenoxy) is 4. The van der Waals surface area contributed by atoms with Crippen LogP contribution in [-0.2, 0) is 4.74 Å². The normalized spacial score (nSPS) is 10.3. The summed E-state index contributed by atoms with van der Waals surface area (Å²) in [6.45, 7) is -0.170. The van der Waals surface area contributed by atoms with E-state index in [0.29, 0.717) is 16.4 Å². The SMILES string of the molecule is COc1cc(NC(=O)c2cccs2)c(C(=O)OCCOc2ccccc2F)cc1OC. The Labute approximate surface area is 182 Å². The van der Waals surface area contributed by atoms with Crippen LogP contribution in [0.5, 0.6) is 17.2 Å². The van der Waals surface area contributed by atoms with E-state index in [0.717, 1.165) is 0 Å². The molecule has 1 heterocycles. The molecule has 1 aromatic heterocycles. The molecule has 0 saturated heterocycles. The Morgan fingerprint density at radius 3 is 2.39 bits per heavy atom. The van der Waals surface area contributed by atoms with Crippen LogP contribution in [0.3, 0.4) is 0 Å². The first kappa shape index (κ1) is 22.1. The van der Waals surface area contributed by atoms with Crippen molar-refractivity contribution < 1.29 is 32.9 Å². The Morgan fingerprint density at radius 1 is 0.968 bits per heavy atom. The van der Waals surface area contributed by atoms with Crippen molar-refractivity contribution in [1.29, 1.82) is 0 Å². The van der Waals surface area contributed by atoms with E-state index in [-0.39, 0.29) is 36.1 Å². The lowest BCUT2D eigenvalue weighted by Crippen LogP contribution is -2.17. The number of para-hydroxylation sites is 1. The number of anilines is 1. The number of rotatable bonds is 9. The Hall–Kier alpha value is -3.59. The molecule has 0 aliphatic rings. The van der Waals surface area contributed by atoms with Gasteiger partial charge in [0.25, 0.3) is 5.91 Å². The zero-order valence-electron chi connectivity index (χ0n) is 16.8. The van der Waals surface area contributed by atoms with Crippen molar-refractivity contribution in [2.45, 2.75) is 0 Å². The molecule has 1 amide bonds. The first-order valence-corrected chi connectivity index (χ1v) is 10.1. The average molecular weight is 445 g/mol. The van der Waals surface area contributed by atoms with Crippen molar-refractivity contribution in [3.63, 3.8) is 0 Å². The van der Waals surface area contributed by atoms with E-state index < -0.39 is 11.8 Å². The number of carbonyl (C=O) groups is 2. The molecule has 0 radical (unpaired) electrons. The number of carbonyl (C=O) groups excluding carboxylic acids is 2. The number of halogens is 1. The van der Waals surface area contributed by atoms with Crippen molar-refractivity contribution in [3.05, 3.63) is 70.2 Å². The van der Waals surface area contributed by atoms with E-state index in [4.69, 9.17) is 18.9 Å². The molecule has 0 atom stereocenters. The Kier molecular flexibility index (Phi) is 7.45. The van der Waals surface area contributed by atoms with Crippen LogP contribution in [0.4, 0.5) is 10.1 Å². The predicted molar refractivity (Wildman–Crippen MR) is 114 cm³/mol. The molecule has 0 bridgehead atoms. The Bertz CT molecular complexity index is 1050. The Balaban J connectivity index is 1.73. The summed E-state index contributed by atoms with van der Waals surface area (Å²) in [4.78, 5) is 25.6. The lowest BCUT2D eigenvalue weighted by molar-refractivity contribution is 0.0449. The van der Waals surface area contributed by atoms with E-state index in [1.54, 1.807) is 29.6 Å². The fourth-order valence-electron chi connectivity index (χ4n) is 2.67. The van der Waals surface area contributed by atoms with Gasteiger partial charge in [-0.25, -0.2) is 9.18 Å². The standard InChI is InChI=1S/C22H20FNO6S/c1-27-18-12-14(22(26)30-10-9-29-17-7-4-3-6-15(17)23)16(13-19(18)28-2)24-21(25)20-8-5-11-31-20/h3-8,11-13H,9-10H2,1-2H3,(H,24,25). The average Bonchev–Trinajstić information content (AvgIpc) is 3.32. The second kappa shape index (κ2) is 10.4. The number of nitrogens with one attached hydrogen (secondary N) is 1. The summed E-state index contributed by atoms with van der Waals surface area (Å²) in [6, 6.07) is 12.2. The minimum absolute atomic E-state index is 0.0448. The molecule has 2 aromatic carbocycles. The maximum atomic E-state index is 13.6. The maximum absolute atomic E-state index is 13.6. The van der Waals surface area contributed by atoms with E-state index in [2.05, 4.69) is 5.32 Å². The summed E-state index contributed by atoms with van der Waals surface area (Å²) in [5, 5.41) is 4.47. The van der Waals surface area contributed by atoms with Gasteiger partial charge in [0.2, 0.25) is 0 Å². The number of methoxy groups -OCH3 is 2. The fourth-order valence-corrected chi connectivity index (χ4v) is 3.29. The van der Waals surface area contributed by atoms with E-state index in [9.17, 15) is 14.0 Å². The van der Waals surface area contributed by atoms with Crippen LogP contribution < -0.4 is 19.5 Å². The van der Waals surface area contributed by atoms with Crippen molar-refractivity contribution in [3.8, 4) is 17.2 Å². The summed E-state index contributed by atoms with van der Waals surface area (Å²) >= 11 is 1.27. The van der Waals surface area contributed by atoms with Crippen LogP contribution in [0.15, 0.2) is 53.9 Å². The van der Waals surface area contributed by atoms with E-state index in [1.165, 1.54) is 49.8 Å². The smallest absolute Gasteiger partial charge is 0.340 e. The highest BCUT2D eigenvalue weighted by molar-refractivity contribution is 7.12. The molecule has 7 nitrogen and oxygen atoms in total. The first-order valence-electron chi connectivity index (χ1n) is 9.18. The van der Waals surface area contributed by atoms with Crippen molar-refractivity contribution in [2.75, 3.05) is 32.8 Å². The van der Waals surface area contributed by atoms with Gasteiger partial charge in [-0.2, -0.15) is 0 Å². The van der Waals surface area contributed by atoms with Gasteiger partial charge in [-0.1, -0.05) is 18.2 Å². The van der Waals surface area contributed by atoms with Crippen molar-refractivity contribution in [1.82, 2.24) is 0 Å². The van der Waals surface area contributed by atoms with Crippen LogP contribution in [-0.4, -0.2) is 39.3 Å². The maximum Gasteiger partial charge on any atom is 0.340 e. The molecule has 31 heavy (non-hydrogen) atoms. The van der Waals surface area contributed by atoms with Crippen molar-refractivity contribution in [2.24, 2.45) is 0 Å². The number of esters is 1. The number of amides is 1. The first-order chi connectivity index (χ1) is 15.0. The summed E-state index contributed by atoms with van der Waals surface area (Å²) in [7, 11) is 2.87. The fraction of sp³-hybridized carbons (Fsp3) is 0.182. The molecule has 0 fully saturated rings. The van der Waals surface area contributed by atoms with Crippen LogP contribution >= 0.6 is 11.3 Å². The lowest BCUT2D eigenvalue weighted by Gasteiger charge is -2.15. The highest BCUT2D eigenvalue weighted by Crippen LogP contribution is 2.34. The van der Waals surface area contributed by atoms with Gasteiger partial charge in [0.15, 0.2) is 23.1 Å². The number of thiophene rings is 1. The Morgan fingerprint density at radius 2 is 1.71 bits per heavy atom. The summed E-state index contributed by atoms with van der Waals surface area (Å²) in [5.41, 5.74) is 0.282. The summed E-state index contributed by atoms with van der Waals surface area (Å²) < 4.78 is 34.6. The van der Waals surface area contributed by atoms with Gasteiger partial charge in [-0.15, -0.1) is 11.3 Å². The highest BCUT2D eigenvalue weighted by Gasteiger charge is 2.20. The molecule has 0 aliphatic heterocycles. The van der Waals surface area contributed by atoms with Crippen molar-refractivity contribution >= 4 is 28.9 Å². The van der Waals surface area contributed by atoms with Gasteiger partial charge in [0.05, 0.1) is 30.3 Å². The number of hydrogen-bond donors (Lipinski definition) is 1. The lowest BCUT2D eigenvalue weighted by atomic mass is 10.1. The van der Waals surface area contributed by atoms with Crippen LogP contribution in [0, 0.1) is 5.82 Å². The quantitative estimate of drug-likeness (QED) is 0.389. The van der Waals surface area contributed by atoms with Gasteiger partial charge < -0.3 is 24.3 Å². The molecule has 0 spiro atoms. The second-order valence-corrected chi connectivity index (χ2v) is 7.05. The van der Waals surface area contributed by atoms with Gasteiger partial charge in [-0.05, 0) is 23.6 Å². The van der Waals surface area contributed by atoms with E-state index >= 15 is 0 Å². The topological polar surface area (TPSA) is 83.1 Å². The summed E-state index contributed by atoms with van der Waals surface area (Å²) in [6.07, 6.45) is 0. The largest absolute Gasteiger partial charge is 0.493 e. The van der Waals surface area contributed by atoms with Crippen LogP contribution in [0.1, 0.15) is 20.0 Å². The zero-order valence-corrected chi connectivity index (χ0v) is 17.7. The minimum Gasteiger partial charge on any atom is -0.493 e. The number of hydrogen-bond acceptors (Lipinski definition) is 7. The molecule has 3 aromatic rings. The molecule has 1 N–H and O–H groups in total. The molecule has 9 heteroatoms. The highest BCUT2D eigenvalue weighted by atomic mass is 32.1. The minimum atomic E-state index is -0.709. The molecule has 162 valence electrons. The third kappa shape index (κ3) is 5.52. The third-order valence-electron chi connectivity index (χ3n) is 4.15. The van der Waals surface area contributed by atoms with Gasteiger partial charge in [-0.3, -0.25) is 4.79 Å². The molecular weight excluding hydrogens is 425 g/mol. The monoisotopic (exact) mass is 445 g/mol. The molecule has 0 aliphatic carbocycles. The molecule has 0 saturated carbocycles. The van der Waals surface area contributed by atoms with E-state index in [1.807, 2.05) is 0 Å². The predicted octanol–water partition coefficient (Wildman–Crippen LogP) is 4.39. The van der Waals surface area contributed by atoms with Crippen LogP contribution in [0.25, 0.3) is 0 Å². The molecular formula is C22H20FNO6S. The third-order valence-corrected chi connectivity index (χ3v) is 5.02. The molecule has 0 unspecified atom stereocenters. The molecule has 3 rings (SSSR count). The van der Waals surface area contributed by atoms with Gasteiger partial charge in [0.1, 0.15) is 13.2 Å². The zero-order chi connectivity index (χ0) is 22.2. The summed E-state index contributed by atoms with van der Waals surface area (Å²) in [5.74, 6) is -0.894.